The van der Waals surface area contributed by atoms with Crippen LogP contribution in [0.5, 0.6) is 0 Å². The van der Waals surface area contributed by atoms with Crippen molar-refractivity contribution in [2.45, 2.75) is 64.5 Å². The zero-order chi connectivity index (χ0) is 19.9. The lowest BCUT2D eigenvalue weighted by Gasteiger charge is -2.42. The zero-order valence-electron chi connectivity index (χ0n) is 17.8. The molecule has 0 radical (unpaired) electrons. The van der Waals surface area contributed by atoms with Crippen LogP contribution in [0.15, 0.2) is 55.7 Å². The van der Waals surface area contributed by atoms with Crippen molar-refractivity contribution in [3.8, 4) is 0 Å². The van der Waals surface area contributed by atoms with Gasteiger partial charge >= 0.3 is 0 Å². The minimum absolute atomic E-state index is 0.213. The number of hydrogen-bond donors (Lipinski definition) is 1. The van der Waals surface area contributed by atoms with Gasteiger partial charge < -0.3 is 5.32 Å². The van der Waals surface area contributed by atoms with E-state index in [2.05, 4.69) is 93.6 Å². The van der Waals surface area contributed by atoms with Crippen LogP contribution in [0.25, 0.3) is 0 Å². The normalized spacial score (nSPS) is 24.7. The molecule has 1 aromatic rings. The van der Waals surface area contributed by atoms with E-state index in [-0.39, 0.29) is 5.54 Å². The average molecular weight is 367 g/mol. The van der Waals surface area contributed by atoms with Crippen molar-refractivity contribution in [1.82, 2.24) is 10.2 Å². The monoisotopic (exact) mass is 366 g/mol. The Morgan fingerprint density at radius 1 is 1.19 bits per heavy atom. The van der Waals surface area contributed by atoms with Gasteiger partial charge in [0.05, 0.1) is 0 Å². The van der Waals surface area contributed by atoms with E-state index in [0.29, 0.717) is 12.0 Å². The molecule has 148 valence electrons. The first-order valence-corrected chi connectivity index (χ1v) is 10.4. The average Bonchev–Trinajstić information content (AvgIpc) is 3.00. The summed E-state index contributed by atoms with van der Waals surface area (Å²) < 4.78 is 0. The third-order valence-electron chi connectivity index (χ3n) is 5.63. The van der Waals surface area contributed by atoms with Crippen LogP contribution in [0.2, 0.25) is 0 Å². The van der Waals surface area contributed by atoms with Gasteiger partial charge in [0.25, 0.3) is 0 Å². The molecule has 2 heteroatoms. The van der Waals surface area contributed by atoms with Gasteiger partial charge in [0.15, 0.2) is 0 Å². The maximum atomic E-state index is 3.65. The van der Waals surface area contributed by atoms with Crippen molar-refractivity contribution in [1.29, 1.82) is 0 Å². The van der Waals surface area contributed by atoms with Crippen LogP contribution in [0, 0.1) is 6.92 Å². The van der Waals surface area contributed by atoms with Gasteiger partial charge in [-0.1, -0.05) is 55.0 Å². The molecule has 1 fully saturated rings. The highest BCUT2D eigenvalue weighted by atomic mass is 15.2. The summed E-state index contributed by atoms with van der Waals surface area (Å²) >= 11 is 0. The molecule has 1 aromatic carbocycles. The molecule has 0 amide bonds. The molecule has 0 saturated carbocycles. The Labute approximate surface area is 167 Å². The molecule has 1 saturated heterocycles. The molecular weight excluding hydrogens is 328 g/mol. The largest absolute Gasteiger partial charge is 0.309 e. The number of nitrogens with zero attached hydrogens (tertiary/aromatic N) is 1. The molecule has 27 heavy (non-hydrogen) atoms. The fourth-order valence-corrected chi connectivity index (χ4v) is 4.43. The number of fused-ring (bicyclic) bond motifs is 1. The van der Waals surface area contributed by atoms with Gasteiger partial charge in [0.1, 0.15) is 0 Å². The Kier molecular flexibility index (Phi) is 8.07. The number of hydrogen-bond acceptors (Lipinski definition) is 2. The first-order chi connectivity index (χ1) is 13.0. The minimum Gasteiger partial charge on any atom is -0.309 e. The summed E-state index contributed by atoms with van der Waals surface area (Å²) in [6.07, 6.45) is 12.5. The molecule has 2 nitrogen and oxygen atoms in total. The van der Waals surface area contributed by atoms with Gasteiger partial charge in [-0.2, -0.15) is 0 Å². The first-order valence-electron chi connectivity index (χ1n) is 10.4. The highest BCUT2D eigenvalue weighted by Gasteiger charge is 2.37. The second-order valence-electron chi connectivity index (χ2n) is 8.36. The van der Waals surface area contributed by atoms with E-state index in [1.165, 1.54) is 12.0 Å². The topological polar surface area (TPSA) is 15.3 Å². The van der Waals surface area contributed by atoms with Crippen LogP contribution in [0.4, 0.5) is 0 Å². The summed E-state index contributed by atoms with van der Waals surface area (Å²) in [4.78, 5) is 2.72. The zero-order valence-corrected chi connectivity index (χ0v) is 17.8. The molecule has 1 aliphatic heterocycles. The summed E-state index contributed by atoms with van der Waals surface area (Å²) in [5, 5.41) is 3.65. The predicted molar refractivity (Wildman–Crippen MR) is 119 cm³/mol. The van der Waals surface area contributed by atoms with E-state index in [1.54, 1.807) is 11.1 Å². The summed E-state index contributed by atoms with van der Waals surface area (Å²) in [5.74, 6) is 0.657. The molecule has 0 spiro atoms. The van der Waals surface area contributed by atoms with Crippen molar-refractivity contribution >= 4 is 0 Å². The lowest BCUT2D eigenvalue weighted by molar-refractivity contribution is 0.106. The van der Waals surface area contributed by atoms with Gasteiger partial charge in [-0.15, -0.1) is 13.2 Å². The van der Waals surface area contributed by atoms with Crippen molar-refractivity contribution in [3.05, 3.63) is 72.4 Å². The smallest absolute Gasteiger partial charge is 0.0358 e. The standard InChI is InChI=1S/C23H34N2.C2H4/c1-5-6-7-8-9-10-19-16-22(21-15-18(2)11-12-20(19)21)25-14-13-24-23(3,4)17-25;1-2/h6-9,11-12,15,19,22,24H,5,10,13-14,16-17H2,1-4H3;1-2H2/b7-6-,9-8-;/t19?,22-;/m1./s1. The number of nitrogens with one attached hydrogen (secondary N) is 1. The molecule has 1 N–H and O–H groups in total. The van der Waals surface area contributed by atoms with Gasteiger partial charge in [-0.25, -0.2) is 0 Å². The third-order valence-corrected chi connectivity index (χ3v) is 5.63. The van der Waals surface area contributed by atoms with E-state index in [4.69, 9.17) is 0 Å². The third kappa shape index (κ3) is 5.67. The number of piperazine rings is 1. The Morgan fingerprint density at radius 3 is 2.63 bits per heavy atom. The second kappa shape index (κ2) is 10.1. The highest BCUT2D eigenvalue weighted by molar-refractivity contribution is 5.41. The van der Waals surface area contributed by atoms with Crippen LogP contribution >= 0.6 is 0 Å². The molecule has 2 atom stereocenters. The summed E-state index contributed by atoms with van der Waals surface area (Å²) in [5.41, 5.74) is 4.77. The quantitative estimate of drug-likeness (QED) is 0.514. The van der Waals surface area contributed by atoms with Gasteiger partial charge in [0.2, 0.25) is 0 Å². The molecule has 0 aromatic heterocycles. The van der Waals surface area contributed by atoms with Crippen molar-refractivity contribution in [2.24, 2.45) is 0 Å². The maximum absolute atomic E-state index is 3.65. The molecule has 2 aliphatic rings. The summed E-state index contributed by atoms with van der Waals surface area (Å²) in [6, 6.07) is 7.70. The summed E-state index contributed by atoms with van der Waals surface area (Å²) in [6.45, 7) is 18.4. The maximum Gasteiger partial charge on any atom is 0.0358 e. The Morgan fingerprint density at radius 2 is 1.93 bits per heavy atom. The molecule has 1 heterocycles. The van der Waals surface area contributed by atoms with Crippen LogP contribution in [0.3, 0.4) is 0 Å². The van der Waals surface area contributed by atoms with Gasteiger partial charge in [-0.3, -0.25) is 4.90 Å². The fourth-order valence-electron chi connectivity index (χ4n) is 4.43. The van der Waals surface area contributed by atoms with E-state index < -0.39 is 0 Å². The van der Waals surface area contributed by atoms with Gasteiger partial charge in [-0.05, 0) is 57.1 Å². The lowest BCUT2D eigenvalue weighted by atomic mass is 9.97. The van der Waals surface area contributed by atoms with E-state index in [9.17, 15) is 0 Å². The minimum atomic E-state index is 0.213. The van der Waals surface area contributed by atoms with Crippen molar-refractivity contribution < 1.29 is 0 Å². The Hall–Kier alpha value is -1.64. The van der Waals surface area contributed by atoms with Crippen molar-refractivity contribution in [2.75, 3.05) is 19.6 Å². The molecule has 0 bridgehead atoms. The molecule has 1 aliphatic carbocycles. The predicted octanol–water partition coefficient (Wildman–Crippen LogP) is 5.92. The molecule has 3 rings (SSSR count). The van der Waals surface area contributed by atoms with Crippen LogP contribution in [0.1, 0.15) is 68.7 Å². The Balaban J connectivity index is 0.00000126. The Bertz CT molecular complexity index is 656. The van der Waals surface area contributed by atoms with E-state index >= 15 is 0 Å². The SMILES string of the molecule is C=C.CC/C=C\C=C/CC1C[C@@H](N2CCNC(C)(C)C2)c2cc(C)ccc21. The first kappa shape index (κ1) is 21.7. The number of allylic oxidation sites excluding steroid dienone is 4. The van der Waals surface area contributed by atoms with E-state index in [0.717, 1.165) is 32.5 Å². The lowest BCUT2D eigenvalue weighted by Crippen LogP contribution is -2.57. The number of benzene rings is 1. The van der Waals surface area contributed by atoms with Gasteiger partial charge in [0, 0.05) is 31.2 Å². The number of rotatable bonds is 5. The van der Waals surface area contributed by atoms with Crippen molar-refractivity contribution in [3.63, 3.8) is 0 Å². The van der Waals surface area contributed by atoms with Crippen LogP contribution in [-0.4, -0.2) is 30.1 Å². The summed E-state index contributed by atoms with van der Waals surface area (Å²) in [7, 11) is 0. The van der Waals surface area contributed by atoms with Crippen LogP contribution in [-0.2, 0) is 0 Å². The highest BCUT2D eigenvalue weighted by Crippen LogP contribution is 2.46. The fraction of sp³-hybridized carbons (Fsp3) is 0.520. The van der Waals surface area contributed by atoms with Crippen LogP contribution < -0.4 is 5.32 Å². The molecular formula is C25H38N2. The molecule has 1 unspecified atom stereocenters. The van der Waals surface area contributed by atoms with E-state index in [1.807, 2.05) is 0 Å². The second-order valence-corrected chi connectivity index (χ2v) is 8.36. The number of aryl methyl sites for hydroxylation is 1.